The molecule has 8 nitrogen and oxygen atoms in total. The van der Waals surface area contributed by atoms with Crippen LogP contribution in [0.4, 0.5) is 0 Å². The zero-order valence-electron chi connectivity index (χ0n) is 22.4. The molecule has 202 valence electrons. The highest BCUT2D eigenvalue weighted by atomic mass is 16.7. The predicted molar refractivity (Wildman–Crippen MR) is 146 cm³/mol. The Morgan fingerprint density at radius 3 is 2.13 bits per heavy atom. The van der Waals surface area contributed by atoms with Gasteiger partial charge in [-0.2, -0.15) is 0 Å². The van der Waals surface area contributed by atoms with Crippen LogP contribution in [0.25, 0.3) is 11.4 Å². The van der Waals surface area contributed by atoms with Crippen molar-refractivity contribution in [1.82, 2.24) is 10.3 Å². The Morgan fingerprint density at radius 1 is 0.872 bits per heavy atom. The first-order chi connectivity index (χ1) is 19.2. The lowest BCUT2D eigenvalue weighted by Crippen LogP contribution is -2.41. The molecule has 39 heavy (non-hydrogen) atoms. The van der Waals surface area contributed by atoms with E-state index < -0.39 is 0 Å². The van der Waals surface area contributed by atoms with Gasteiger partial charge in [0, 0.05) is 7.11 Å². The summed E-state index contributed by atoms with van der Waals surface area (Å²) in [4.78, 5) is 3.67. The summed E-state index contributed by atoms with van der Waals surface area (Å²) in [5, 5.41) is 3.84. The van der Waals surface area contributed by atoms with Crippen molar-refractivity contribution in [3.8, 4) is 34.4 Å². The summed E-state index contributed by atoms with van der Waals surface area (Å²) in [6.45, 7) is 4.73. The first-order valence-corrected chi connectivity index (χ1v) is 13.5. The number of hydrogen-bond acceptors (Lipinski definition) is 6. The maximum Gasteiger partial charge on any atom is 0.287 e. The number of rotatable bonds is 11. The normalized spacial score (nSPS) is 13.4. The number of methoxy groups -OCH3 is 1. The fourth-order valence-corrected chi connectivity index (χ4v) is 5.25. The minimum Gasteiger partial charge on any atom is -0.454 e. The number of H-pyrrole nitrogens is 1. The molecule has 0 saturated heterocycles. The molecule has 3 aromatic carbocycles. The molecule has 2 aliphatic heterocycles. The zero-order chi connectivity index (χ0) is 26.6. The van der Waals surface area contributed by atoms with Gasteiger partial charge in [-0.25, -0.2) is 9.55 Å². The topological polar surface area (TPSA) is 77.9 Å². The van der Waals surface area contributed by atoms with Crippen LogP contribution in [-0.2, 0) is 24.4 Å². The molecule has 1 aromatic heterocycles. The third kappa shape index (κ3) is 5.17. The quantitative estimate of drug-likeness (QED) is 0.259. The first-order valence-electron chi connectivity index (χ1n) is 13.5. The molecule has 0 amide bonds. The van der Waals surface area contributed by atoms with Crippen LogP contribution < -0.4 is 28.8 Å². The van der Waals surface area contributed by atoms with Crippen LogP contribution >= 0.6 is 0 Å². The van der Waals surface area contributed by atoms with E-state index in [1.54, 1.807) is 7.11 Å². The molecule has 0 radical (unpaired) electrons. The van der Waals surface area contributed by atoms with Gasteiger partial charge in [0.1, 0.15) is 6.61 Å². The summed E-state index contributed by atoms with van der Waals surface area (Å²) in [7, 11) is 1.73. The summed E-state index contributed by atoms with van der Waals surface area (Å²) in [5.41, 5.74) is 5.54. The van der Waals surface area contributed by atoms with Crippen molar-refractivity contribution in [3.63, 3.8) is 0 Å². The number of fused-ring (bicyclic) bond motifs is 2. The van der Waals surface area contributed by atoms with Gasteiger partial charge in [0.05, 0.1) is 24.7 Å². The van der Waals surface area contributed by atoms with Crippen LogP contribution in [0.1, 0.15) is 48.3 Å². The van der Waals surface area contributed by atoms with E-state index in [0.717, 1.165) is 70.6 Å². The largest absolute Gasteiger partial charge is 0.454 e. The van der Waals surface area contributed by atoms with E-state index in [0.29, 0.717) is 13.2 Å². The fraction of sp³-hybridized carbons (Fsp3) is 0.323. The Labute approximate surface area is 228 Å². The molecule has 0 unspecified atom stereocenters. The minimum absolute atomic E-state index is 0.126. The van der Waals surface area contributed by atoms with Crippen molar-refractivity contribution < 1.29 is 28.3 Å². The number of imidazole rings is 1. The number of nitrogens with zero attached hydrogens (tertiary/aromatic N) is 1. The van der Waals surface area contributed by atoms with E-state index in [9.17, 15) is 0 Å². The number of ether oxygens (including phenoxy) is 5. The van der Waals surface area contributed by atoms with E-state index in [4.69, 9.17) is 23.7 Å². The van der Waals surface area contributed by atoms with Gasteiger partial charge in [0.25, 0.3) is 5.82 Å². The Bertz CT molecular complexity index is 1380. The maximum atomic E-state index is 5.71. The zero-order valence-corrected chi connectivity index (χ0v) is 22.4. The summed E-state index contributed by atoms with van der Waals surface area (Å²) >= 11 is 0. The molecule has 0 bridgehead atoms. The highest BCUT2D eigenvalue weighted by Gasteiger charge is 2.28. The lowest BCUT2D eigenvalue weighted by atomic mass is 9.97. The third-order valence-electron chi connectivity index (χ3n) is 7.22. The van der Waals surface area contributed by atoms with E-state index in [1.165, 1.54) is 5.69 Å². The first kappa shape index (κ1) is 25.3. The predicted octanol–water partition coefficient (Wildman–Crippen LogP) is 5.25. The molecule has 0 fully saturated rings. The number of unbranched alkanes of at least 4 members (excludes halogenated alkanes) is 1. The van der Waals surface area contributed by atoms with Gasteiger partial charge in [0.15, 0.2) is 34.4 Å². The summed E-state index contributed by atoms with van der Waals surface area (Å²) < 4.78 is 30.6. The maximum absolute atomic E-state index is 5.71. The number of aromatic amines is 1. The third-order valence-corrected chi connectivity index (χ3v) is 7.22. The number of hydrogen-bond donors (Lipinski definition) is 2. The van der Waals surface area contributed by atoms with Gasteiger partial charge >= 0.3 is 0 Å². The Morgan fingerprint density at radius 2 is 1.51 bits per heavy atom. The van der Waals surface area contributed by atoms with Gasteiger partial charge in [-0.1, -0.05) is 43.7 Å². The molecule has 4 aromatic rings. The molecule has 2 N–H and O–H groups in total. The van der Waals surface area contributed by atoms with Gasteiger partial charge in [-0.3, -0.25) is 5.32 Å². The van der Waals surface area contributed by atoms with Gasteiger partial charge in [-0.15, -0.1) is 0 Å². The van der Waals surface area contributed by atoms with Crippen molar-refractivity contribution in [3.05, 3.63) is 89.2 Å². The summed E-state index contributed by atoms with van der Waals surface area (Å²) in [6, 6.07) is 22.6. The van der Waals surface area contributed by atoms with Gasteiger partial charge < -0.3 is 23.7 Å². The van der Waals surface area contributed by atoms with Crippen LogP contribution in [-0.4, -0.2) is 25.7 Å². The van der Waals surface area contributed by atoms with Crippen LogP contribution in [0.3, 0.4) is 0 Å². The second-order valence-electron chi connectivity index (χ2n) is 9.74. The Kier molecular flexibility index (Phi) is 7.38. The summed E-state index contributed by atoms with van der Waals surface area (Å²) in [6.07, 6.45) is 2.19. The molecular weight excluding hydrogens is 494 g/mol. The van der Waals surface area contributed by atoms with Crippen LogP contribution in [0.15, 0.2) is 66.7 Å². The minimum atomic E-state index is -0.126. The van der Waals surface area contributed by atoms with E-state index in [2.05, 4.69) is 70.3 Å². The van der Waals surface area contributed by atoms with Crippen molar-refractivity contribution in [1.29, 1.82) is 0 Å². The lowest BCUT2D eigenvalue weighted by molar-refractivity contribution is -0.692. The molecule has 2 aliphatic rings. The molecule has 0 aliphatic carbocycles. The molecule has 0 atom stereocenters. The molecular formula is C31H34N3O5+. The molecule has 0 saturated carbocycles. The van der Waals surface area contributed by atoms with Crippen molar-refractivity contribution in [2.24, 2.45) is 0 Å². The van der Waals surface area contributed by atoms with Gasteiger partial charge in [0.2, 0.25) is 13.6 Å². The number of benzene rings is 3. The standard InChI is InChI=1S/C31H33N3O5/c1-3-4-14-34-25(24(18-35-2)33-31(34)21-8-6-5-7-9-21)17-32-30(22-10-12-26-28(15-22)38-19-36-26)23-11-13-27-29(16-23)39-20-37-27/h5-13,15-16,30,32H,3-4,14,17-20H2,1-2H3/p+1. The second-order valence-corrected chi connectivity index (χ2v) is 9.74. The van der Waals surface area contributed by atoms with Crippen molar-refractivity contribution in [2.45, 2.75) is 45.5 Å². The van der Waals surface area contributed by atoms with Crippen LogP contribution in [0.2, 0.25) is 0 Å². The number of nitrogens with one attached hydrogen (secondary N) is 2. The molecule has 8 heteroatoms. The Hall–Kier alpha value is -4.01. The smallest absolute Gasteiger partial charge is 0.287 e. The summed E-state index contributed by atoms with van der Waals surface area (Å²) in [5.74, 6) is 4.13. The van der Waals surface area contributed by atoms with E-state index in [-0.39, 0.29) is 19.6 Å². The second kappa shape index (κ2) is 11.4. The fourth-order valence-electron chi connectivity index (χ4n) is 5.25. The molecule has 6 rings (SSSR count). The average molecular weight is 529 g/mol. The number of aromatic nitrogens is 2. The monoisotopic (exact) mass is 528 g/mol. The van der Waals surface area contributed by atoms with Crippen molar-refractivity contribution in [2.75, 3.05) is 20.7 Å². The molecule has 0 spiro atoms. The van der Waals surface area contributed by atoms with Crippen molar-refractivity contribution >= 4 is 0 Å². The van der Waals surface area contributed by atoms with Crippen LogP contribution in [0, 0.1) is 0 Å². The molecule has 3 heterocycles. The lowest BCUT2D eigenvalue weighted by Gasteiger charge is -2.21. The highest BCUT2D eigenvalue weighted by molar-refractivity contribution is 5.53. The van der Waals surface area contributed by atoms with Gasteiger partial charge in [-0.05, 0) is 53.9 Å². The highest BCUT2D eigenvalue weighted by Crippen LogP contribution is 2.39. The SMILES string of the molecule is CCCC[n+]1c(-c2ccccc2)[nH]c(COC)c1CNC(c1ccc2c(c1)OCO2)c1ccc2c(c1)OCO2. The van der Waals surface area contributed by atoms with E-state index in [1.807, 2.05) is 18.2 Å². The Balaban J connectivity index is 1.38. The van der Waals surface area contributed by atoms with E-state index >= 15 is 0 Å². The van der Waals surface area contributed by atoms with Crippen LogP contribution in [0.5, 0.6) is 23.0 Å². The average Bonchev–Trinajstić information content (AvgIpc) is 3.71.